The van der Waals surface area contributed by atoms with Gasteiger partial charge < -0.3 is 0 Å². The molecule has 0 bridgehead atoms. The van der Waals surface area contributed by atoms with E-state index in [9.17, 15) is 0 Å². The lowest BCUT2D eigenvalue weighted by molar-refractivity contribution is 0.486. The van der Waals surface area contributed by atoms with Crippen molar-refractivity contribution in [2.75, 3.05) is 21.1 Å². The molecule has 0 fully saturated rings. The summed E-state index contributed by atoms with van der Waals surface area (Å²) in [5, 5.41) is 3.57. The quantitative estimate of drug-likeness (QED) is 0.482. The third-order valence-electron chi connectivity index (χ3n) is 4.20. The fourth-order valence-corrected chi connectivity index (χ4v) is 6.45. The Balaban J connectivity index is 2.16. The maximum atomic E-state index is 7.39. The summed E-state index contributed by atoms with van der Waals surface area (Å²) in [6.45, 7) is -2.13. The minimum Gasteiger partial charge on any atom is -0.298 e. The van der Waals surface area contributed by atoms with Crippen LogP contribution in [0.1, 0.15) is 0 Å². The highest BCUT2D eigenvalue weighted by molar-refractivity contribution is 8.14. The van der Waals surface area contributed by atoms with Crippen LogP contribution in [0.5, 0.6) is 0 Å². The molecule has 3 aromatic rings. The predicted octanol–water partition coefficient (Wildman–Crippen LogP) is 4.33. The summed E-state index contributed by atoms with van der Waals surface area (Å²) in [6, 6.07) is 29.7. The summed E-state index contributed by atoms with van der Waals surface area (Å²) in [7, 11) is 6.52. The van der Waals surface area contributed by atoms with Crippen molar-refractivity contribution >= 4 is 39.5 Å². The van der Waals surface area contributed by atoms with Gasteiger partial charge >= 0.3 is 0 Å². The number of rotatable bonds is 4. The molecule has 0 amide bonds. The second-order valence-corrected chi connectivity index (χ2v) is 11.0. The molecule has 3 aromatic carbocycles. The van der Waals surface area contributed by atoms with Crippen LogP contribution in [0.25, 0.3) is 0 Å². The third-order valence-corrected chi connectivity index (χ3v) is 8.99. The third kappa shape index (κ3) is 3.26. The average molecular weight is 356 g/mol. The number of halogens is 1. The van der Waals surface area contributed by atoms with E-state index in [1.165, 1.54) is 21.6 Å². The van der Waals surface area contributed by atoms with Crippen LogP contribution in [0.15, 0.2) is 84.9 Å². The molecule has 0 spiro atoms. The highest BCUT2D eigenvalue weighted by atomic mass is 35.7. The van der Waals surface area contributed by atoms with Gasteiger partial charge in [-0.1, -0.05) is 36.4 Å². The second kappa shape index (κ2) is 6.69. The van der Waals surface area contributed by atoms with E-state index in [-0.39, 0.29) is 0 Å². The molecule has 0 aliphatic carbocycles. The number of hydrogen-bond donors (Lipinski definition) is 0. The summed E-state index contributed by atoms with van der Waals surface area (Å²) < 4.78 is 0.796. The first-order chi connectivity index (χ1) is 11.4. The number of hydrogen-bond acceptors (Lipinski definition) is 0. The standard InChI is InChI=1S/C21H23ClNP/c1-23(2,3)18-14-16-21(17-15-18)24(22,19-10-6-4-7-11-19)20-12-8-5-9-13-20/h4-17H,1-3H3/q+2. The topological polar surface area (TPSA) is 0 Å². The van der Waals surface area contributed by atoms with Crippen LogP contribution in [-0.2, 0) is 0 Å². The predicted molar refractivity (Wildman–Crippen MR) is 111 cm³/mol. The van der Waals surface area contributed by atoms with Crippen LogP contribution in [0.4, 0.5) is 5.69 Å². The van der Waals surface area contributed by atoms with Gasteiger partial charge in [0.25, 0.3) is 0 Å². The molecule has 0 saturated heterocycles. The highest BCUT2D eigenvalue weighted by Crippen LogP contribution is 2.60. The Morgan fingerprint density at radius 1 is 0.583 bits per heavy atom. The fourth-order valence-electron chi connectivity index (χ4n) is 2.82. The molecule has 0 aliphatic rings. The van der Waals surface area contributed by atoms with E-state index < -0.39 is 6.62 Å². The van der Waals surface area contributed by atoms with Crippen molar-refractivity contribution in [1.29, 1.82) is 0 Å². The van der Waals surface area contributed by atoms with Crippen molar-refractivity contribution < 1.29 is 0 Å². The number of benzene rings is 3. The Bertz CT molecular complexity index is 753. The van der Waals surface area contributed by atoms with Crippen molar-refractivity contribution in [2.45, 2.75) is 0 Å². The van der Waals surface area contributed by atoms with E-state index in [0.717, 1.165) is 4.48 Å². The van der Waals surface area contributed by atoms with Gasteiger partial charge in [-0.3, -0.25) is 4.48 Å². The summed E-state index contributed by atoms with van der Waals surface area (Å²) >= 11 is 7.39. The van der Waals surface area contributed by atoms with Crippen molar-refractivity contribution in [3.63, 3.8) is 0 Å². The molecule has 3 rings (SSSR count). The normalized spacial score (nSPS) is 12.2. The molecular formula is C21H23ClNP+2. The molecule has 0 atom stereocenters. The Labute approximate surface area is 150 Å². The largest absolute Gasteiger partial charge is 0.298 e. The molecule has 122 valence electrons. The molecule has 0 heterocycles. The second-order valence-electron chi connectivity index (χ2n) is 6.79. The highest BCUT2D eigenvalue weighted by Gasteiger charge is 2.44. The van der Waals surface area contributed by atoms with Crippen LogP contribution in [0.2, 0.25) is 0 Å². The van der Waals surface area contributed by atoms with Crippen LogP contribution in [0, 0.1) is 0 Å². The molecule has 0 N–H and O–H groups in total. The Hall–Kier alpha value is -1.66. The SMILES string of the molecule is C[N+](C)(C)c1ccc([P+](Cl)(c2ccccc2)c2ccccc2)cc1. The lowest BCUT2D eigenvalue weighted by Crippen LogP contribution is -2.35. The number of nitrogens with zero attached hydrogens (tertiary/aromatic N) is 1. The van der Waals surface area contributed by atoms with E-state index in [1.807, 2.05) is 12.1 Å². The van der Waals surface area contributed by atoms with Gasteiger partial charge in [0.15, 0.2) is 0 Å². The van der Waals surface area contributed by atoms with Gasteiger partial charge in [-0.15, -0.1) is 0 Å². The van der Waals surface area contributed by atoms with Gasteiger partial charge in [-0.05, 0) is 36.4 Å². The fraction of sp³-hybridized carbons (Fsp3) is 0.143. The molecule has 1 nitrogen and oxygen atoms in total. The minimum atomic E-state index is -2.13. The van der Waals surface area contributed by atoms with Gasteiger partial charge in [0.05, 0.1) is 21.1 Å². The van der Waals surface area contributed by atoms with Crippen LogP contribution >= 0.6 is 17.9 Å². The zero-order valence-electron chi connectivity index (χ0n) is 14.4. The van der Waals surface area contributed by atoms with Gasteiger partial charge in [-0.25, -0.2) is 0 Å². The first kappa shape index (κ1) is 17.2. The summed E-state index contributed by atoms with van der Waals surface area (Å²) in [5.41, 5.74) is 1.27. The Morgan fingerprint density at radius 2 is 0.958 bits per heavy atom. The van der Waals surface area contributed by atoms with Crippen molar-refractivity contribution in [3.8, 4) is 0 Å². The van der Waals surface area contributed by atoms with Gasteiger partial charge in [0.1, 0.15) is 32.8 Å². The zero-order valence-corrected chi connectivity index (χ0v) is 16.0. The number of quaternary nitrogens is 1. The average Bonchev–Trinajstić information content (AvgIpc) is 2.62. The maximum absolute atomic E-state index is 7.39. The van der Waals surface area contributed by atoms with Gasteiger partial charge in [0.2, 0.25) is 6.62 Å². The van der Waals surface area contributed by atoms with Crippen LogP contribution in [0.3, 0.4) is 0 Å². The first-order valence-electron chi connectivity index (χ1n) is 8.05. The molecule has 0 aliphatic heterocycles. The van der Waals surface area contributed by atoms with E-state index in [4.69, 9.17) is 11.2 Å². The molecule has 0 radical (unpaired) electrons. The zero-order chi connectivity index (χ0) is 17.2. The monoisotopic (exact) mass is 355 g/mol. The molecule has 0 aromatic heterocycles. The summed E-state index contributed by atoms with van der Waals surface area (Å²) in [4.78, 5) is 0. The lowest BCUT2D eigenvalue weighted by atomic mass is 10.3. The molecule has 3 heteroatoms. The van der Waals surface area contributed by atoms with Crippen LogP contribution < -0.4 is 20.4 Å². The lowest BCUT2D eigenvalue weighted by Gasteiger charge is -2.24. The summed E-state index contributed by atoms with van der Waals surface area (Å²) in [5.74, 6) is 0. The smallest absolute Gasteiger partial charge is 0.210 e. The maximum Gasteiger partial charge on any atom is 0.210 e. The van der Waals surface area contributed by atoms with Gasteiger partial charge in [-0.2, -0.15) is 0 Å². The summed E-state index contributed by atoms with van der Waals surface area (Å²) in [6.07, 6.45) is 0. The Morgan fingerprint density at radius 3 is 1.33 bits per heavy atom. The minimum absolute atomic E-state index is 0.796. The van der Waals surface area contributed by atoms with Gasteiger partial charge in [0, 0.05) is 12.1 Å². The Kier molecular flexibility index (Phi) is 4.78. The van der Waals surface area contributed by atoms with Crippen LogP contribution in [-0.4, -0.2) is 21.1 Å². The molecule has 0 saturated carbocycles. The van der Waals surface area contributed by atoms with Crippen molar-refractivity contribution in [2.24, 2.45) is 0 Å². The van der Waals surface area contributed by atoms with E-state index >= 15 is 0 Å². The van der Waals surface area contributed by atoms with E-state index in [1.54, 1.807) is 0 Å². The molecule has 0 unspecified atom stereocenters. The molecule has 24 heavy (non-hydrogen) atoms. The van der Waals surface area contributed by atoms with Crippen molar-refractivity contribution in [3.05, 3.63) is 84.9 Å². The molecular weight excluding hydrogens is 333 g/mol. The van der Waals surface area contributed by atoms with E-state index in [0.29, 0.717) is 0 Å². The first-order valence-corrected chi connectivity index (χ1v) is 10.7. The van der Waals surface area contributed by atoms with Crippen molar-refractivity contribution in [1.82, 2.24) is 4.48 Å². The van der Waals surface area contributed by atoms with E-state index in [2.05, 4.69) is 93.9 Å².